The van der Waals surface area contributed by atoms with Crippen LogP contribution in [0, 0.1) is 11.6 Å². The molecule has 0 fully saturated rings. The number of carboxylic acid groups (broad SMARTS) is 1. The van der Waals surface area contributed by atoms with Gasteiger partial charge in [-0.05, 0) is 65.2 Å². The molecule has 4 rings (SSSR count). The van der Waals surface area contributed by atoms with Crippen molar-refractivity contribution in [2.24, 2.45) is 0 Å². The number of amides is 1. The van der Waals surface area contributed by atoms with Gasteiger partial charge < -0.3 is 15.2 Å². The van der Waals surface area contributed by atoms with Crippen molar-refractivity contribution in [2.45, 2.75) is 30.7 Å². The Kier molecular flexibility index (Phi) is 10.4. The molecule has 0 aliphatic heterocycles. The first kappa shape index (κ1) is 35.8. The van der Waals surface area contributed by atoms with Crippen LogP contribution in [0.3, 0.4) is 0 Å². The summed E-state index contributed by atoms with van der Waals surface area (Å²) >= 11 is 5.99. The average Bonchev–Trinajstić information content (AvgIpc) is 2.99. The molecule has 6 nitrogen and oxygen atoms in total. The van der Waals surface area contributed by atoms with Crippen molar-refractivity contribution in [3.63, 3.8) is 0 Å². The van der Waals surface area contributed by atoms with Gasteiger partial charge in [-0.3, -0.25) is 9.78 Å². The summed E-state index contributed by atoms with van der Waals surface area (Å²) in [5.74, 6) is -6.66. The van der Waals surface area contributed by atoms with E-state index < -0.39 is 76.6 Å². The molecule has 1 atom stereocenters. The van der Waals surface area contributed by atoms with Gasteiger partial charge in [-0.15, -0.1) is 0 Å². The van der Waals surface area contributed by atoms with Gasteiger partial charge in [-0.25, -0.2) is 13.6 Å². The summed E-state index contributed by atoms with van der Waals surface area (Å²) in [6.45, 7) is 0. The number of carbonyl (C=O) groups excluding carboxylic acids is 1. The number of nitrogens with zero attached hydrogens (tertiary/aromatic N) is 1. The van der Waals surface area contributed by atoms with E-state index in [1.54, 1.807) is 0 Å². The molecular formula is C32H20ClF9N2O4. The second-order valence-electron chi connectivity index (χ2n) is 10.1. The minimum atomic E-state index is -5.21. The zero-order valence-corrected chi connectivity index (χ0v) is 24.6. The Morgan fingerprint density at radius 3 is 2.21 bits per heavy atom. The SMILES string of the molecule is O=C(O)C=Cc1ccc(C[C@](NC(=O)c2ccc(F)c(C(F)(F)F)c2)(c2cc(F)cc(OC(F)(F)C(F)F)c2)c2ccc(Cl)cn2)cc1. The van der Waals surface area contributed by atoms with E-state index in [2.05, 4.69) is 15.0 Å². The number of halogens is 10. The van der Waals surface area contributed by atoms with Crippen molar-refractivity contribution in [1.29, 1.82) is 0 Å². The lowest BCUT2D eigenvalue weighted by Crippen LogP contribution is -2.49. The molecule has 1 aromatic heterocycles. The summed E-state index contributed by atoms with van der Waals surface area (Å²) in [6.07, 6.45) is -11.9. The molecular weight excluding hydrogens is 683 g/mol. The average molecular weight is 703 g/mol. The standard InChI is InChI=1S/C32H20ClF9N2O4/c33-21-7-9-26(43-16-21)30(15-18-3-1-17(2-4-18)5-10-27(45)46,20-12-22(34)14-23(13-20)48-32(41,42)29(36)37)44-28(47)19-6-8-25(35)24(11-19)31(38,39)40/h1-14,16,29H,15H2,(H,44,47)(H,45,46)/t30-/m0/s1. The molecule has 48 heavy (non-hydrogen) atoms. The number of alkyl halides is 7. The third-order valence-corrected chi connectivity index (χ3v) is 6.99. The highest BCUT2D eigenvalue weighted by molar-refractivity contribution is 6.30. The highest BCUT2D eigenvalue weighted by Crippen LogP contribution is 2.38. The van der Waals surface area contributed by atoms with Crippen LogP contribution in [-0.2, 0) is 22.9 Å². The van der Waals surface area contributed by atoms with Crippen LogP contribution in [0.4, 0.5) is 39.5 Å². The molecule has 16 heteroatoms. The summed E-state index contributed by atoms with van der Waals surface area (Å²) in [6, 6.07) is 11.4. The Morgan fingerprint density at radius 1 is 0.938 bits per heavy atom. The molecule has 0 aliphatic carbocycles. The number of hydrogen-bond donors (Lipinski definition) is 2. The number of carbonyl (C=O) groups is 2. The third kappa shape index (κ3) is 8.45. The molecule has 1 heterocycles. The number of rotatable bonds is 11. The van der Waals surface area contributed by atoms with E-state index in [-0.39, 0.29) is 22.3 Å². The lowest BCUT2D eigenvalue weighted by molar-refractivity contribution is -0.253. The monoisotopic (exact) mass is 702 g/mol. The van der Waals surface area contributed by atoms with Crippen molar-refractivity contribution in [2.75, 3.05) is 0 Å². The van der Waals surface area contributed by atoms with E-state index in [1.165, 1.54) is 42.5 Å². The molecule has 0 saturated carbocycles. The summed E-state index contributed by atoms with van der Waals surface area (Å²) in [7, 11) is 0. The van der Waals surface area contributed by atoms with Gasteiger partial charge in [-0.1, -0.05) is 35.9 Å². The molecule has 0 radical (unpaired) electrons. The quantitative estimate of drug-likeness (QED) is 0.121. The van der Waals surface area contributed by atoms with Crippen LogP contribution in [0.1, 0.15) is 38.3 Å². The van der Waals surface area contributed by atoms with E-state index in [0.29, 0.717) is 23.8 Å². The van der Waals surface area contributed by atoms with E-state index in [9.17, 15) is 44.7 Å². The van der Waals surface area contributed by atoms with Gasteiger partial charge in [0.2, 0.25) is 0 Å². The molecule has 252 valence electrons. The smallest absolute Gasteiger partial charge is 0.461 e. The van der Waals surface area contributed by atoms with Gasteiger partial charge in [-0.2, -0.15) is 30.7 Å². The Bertz CT molecular complexity index is 1830. The fourth-order valence-corrected chi connectivity index (χ4v) is 4.70. The minimum absolute atomic E-state index is 0.0572. The molecule has 0 unspecified atom stereocenters. The molecule has 2 N–H and O–H groups in total. The van der Waals surface area contributed by atoms with Crippen LogP contribution in [0.2, 0.25) is 5.02 Å². The second-order valence-corrected chi connectivity index (χ2v) is 10.6. The van der Waals surface area contributed by atoms with Gasteiger partial charge in [0.1, 0.15) is 22.9 Å². The second kappa shape index (κ2) is 14.0. The van der Waals surface area contributed by atoms with Crippen molar-refractivity contribution in [1.82, 2.24) is 10.3 Å². The van der Waals surface area contributed by atoms with E-state index in [1.807, 2.05) is 0 Å². The van der Waals surface area contributed by atoms with E-state index >= 15 is 4.39 Å². The van der Waals surface area contributed by atoms with Crippen LogP contribution < -0.4 is 10.1 Å². The topological polar surface area (TPSA) is 88.5 Å². The first-order valence-corrected chi connectivity index (χ1v) is 13.7. The zero-order valence-electron chi connectivity index (χ0n) is 23.8. The number of carboxylic acids is 1. The summed E-state index contributed by atoms with van der Waals surface area (Å²) in [5, 5.41) is 11.4. The highest BCUT2D eigenvalue weighted by Gasteiger charge is 2.45. The number of pyridine rings is 1. The Labute approximate surface area is 270 Å². The number of nitrogens with one attached hydrogen (secondary N) is 1. The molecule has 4 aromatic rings. The van der Waals surface area contributed by atoms with Crippen molar-refractivity contribution in [3.8, 4) is 5.75 Å². The first-order chi connectivity index (χ1) is 22.4. The van der Waals surface area contributed by atoms with E-state index in [4.69, 9.17) is 16.7 Å². The van der Waals surface area contributed by atoms with Gasteiger partial charge in [0.15, 0.2) is 0 Å². The summed E-state index contributed by atoms with van der Waals surface area (Å²) < 4.78 is 127. The predicted octanol–water partition coefficient (Wildman–Crippen LogP) is 8.28. The normalized spacial score (nSPS) is 13.4. The van der Waals surface area contributed by atoms with E-state index in [0.717, 1.165) is 24.4 Å². The first-order valence-electron chi connectivity index (χ1n) is 13.4. The van der Waals surface area contributed by atoms with Gasteiger partial charge in [0.25, 0.3) is 5.91 Å². The molecule has 0 spiro atoms. The predicted molar refractivity (Wildman–Crippen MR) is 154 cm³/mol. The van der Waals surface area contributed by atoms with Crippen molar-refractivity contribution < 1.29 is 58.9 Å². The van der Waals surface area contributed by atoms with Crippen LogP contribution in [0.15, 0.2) is 85.1 Å². The summed E-state index contributed by atoms with van der Waals surface area (Å²) in [5.41, 5.74) is -4.68. The number of aliphatic carboxylic acids is 1. The number of ether oxygens (including phenoxy) is 1. The highest BCUT2D eigenvalue weighted by atomic mass is 35.5. The number of hydrogen-bond acceptors (Lipinski definition) is 4. The van der Waals surface area contributed by atoms with Crippen LogP contribution in [-0.4, -0.2) is 34.5 Å². The minimum Gasteiger partial charge on any atom is -0.478 e. The fraction of sp³-hybridized carbons (Fsp3) is 0.156. The Hall–Kier alpha value is -5.05. The molecule has 0 saturated heterocycles. The van der Waals surface area contributed by atoms with Crippen molar-refractivity contribution in [3.05, 3.63) is 135 Å². The van der Waals surface area contributed by atoms with Gasteiger partial charge in [0.05, 0.1) is 16.3 Å². The van der Waals surface area contributed by atoms with Crippen LogP contribution in [0.5, 0.6) is 5.75 Å². The van der Waals surface area contributed by atoms with Crippen molar-refractivity contribution >= 4 is 29.6 Å². The lowest BCUT2D eigenvalue weighted by Gasteiger charge is -2.36. The van der Waals surface area contributed by atoms with Crippen LogP contribution >= 0.6 is 11.6 Å². The summed E-state index contributed by atoms with van der Waals surface area (Å²) in [4.78, 5) is 28.8. The third-order valence-electron chi connectivity index (χ3n) is 6.76. The maximum Gasteiger partial charge on any atom is 0.461 e. The molecule has 0 aliphatic rings. The largest absolute Gasteiger partial charge is 0.478 e. The Balaban J connectivity index is 1.96. The van der Waals surface area contributed by atoms with Gasteiger partial charge in [0, 0.05) is 30.3 Å². The molecule has 1 amide bonds. The number of aromatic nitrogens is 1. The fourth-order valence-electron chi connectivity index (χ4n) is 4.59. The number of benzene rings is 3. The maximum absolute atomic E-state index is 15.1. The van der Waals surface area contributed by atoms with Crippen LogP contribution in [0.25, 0.3) is 6.08 Å². The zero-order chi connectivity index (χ0) is 35.4. The lowest BCUT2D eigenvalue weighted by atomic mass is 9.79. The molecule has 3 aromatic carbocycles. The maximum atomic E-state index is 15.1. The Morgan fingerprint density at radius 2 is 1.62 bits per heavy atom. The van der Waals surface area contributed by atoms with Gasteiger partial charge >= 0.3 is 24.7 Å². The molecule has 0 bridgehead atoms.